The van der Waals surface area contributed by atoms with Crippen LogP contribution in [0.15, 0.2) is 58.2 Å². The minimum atomic E-state index is 0.215. The molecule has 2 N–H and O–H groups in total. The number of thioether (sulfide) groups is 1. The van der Waals surface area contributed by atoms with E-state index < -0.39 is 0 Å². The zero-order chi connectivity index (χ0) is 19.1. The van der Waals surface area contributed by atoms with Gasteiger partial charge < -0.3 is 20.1 Å². The number of methoxy groups -OCH3 is 1. The molecular weight excluding hydrogens is 432 g/mol. The largest absolute Gasteiger partial charge is 0.497 e. The number of nitrogen functional groups attached to an aromatic ring is 1. The first kappa shape index (κ1) is 19.4. The normalized spacial score (nSPS) is 10.6. The highest BCUT2D eigenvalue weighted by Crippen LogP contribution is 2.21. The summed E-state index contributed by atoms with van der Waals surface area (Å²) in [4.78, 5) is 0. The second-order valence-electron chi connectivity index (χ2n) is 5.39. The van der Waals surface area contributed by atoms with Gasteiger partial charge in [0.25, 0.3) is 0 Å². The van der Waals surface area contributed by atoms with Crippen LogP contribution >= 0.6 is 27.7 Å². The maximum absolute atomic E-state index is 6.05. The van der Waals surface area contributed by atoms with Gasteiger partial charge in [-0.05, 0) is 36.4 Å². The van der Waals surface area contributed by atoms with E-state index in [0.29, 0.717) is 29.1 Å². The predicted octanol–water partition coefficient (Wildman–Crippen LogP) is 3.51. The fraction of sp³-hybridized carbons (Fsp3) is 0.222. The van der Waals surface area contributed by atoms with Gasteiger partial charge in [-0.2, -0.15) is 0 Å². The molecule has 0 spiro atoms. The molecule has 0 aliphatic heterocycles. The second-order valence-corrected chi connectivity index (χ2v) is 7.37. The van der Waals surface area contributed by atoms with Crippen LogP contribution in [0.5, 0.6) is 17.2 Å². The molecule has 1 heterocycles. The van der Waals surface area contributed by atoms with Gasteiger partial charge in [-0.25, -0.2) is 4.68 Å². The van der Waals surface area contributed by atoms with Crippen molar-refractivity contribution >= 4 is 27.7 Å². The molecule has 0 saturated heterocycles. The van der Waals surface area contributed by atoms with Gasteiger partial charge in [0.2, 0.25) is 5.16 Å². The first-order valence-corrected chi connectivity index (χ1v) is 9.91. The molecule has 0 fully saturated rings. The summed E-state index contributed by atoms with van der Waals surface area (Å²) >= 11 is 4.87. The van der Waals surface area contributed by atoms with Crippen LogP contribution in [-0.2, 0) is 6.61 Å². The summed E-state index contributed by atoms with van der Waals surface area (Å²) in [6.07, 6.45) is 0. The topological polar surface area (TPSA) is 84.4 Å². The molecule has 0 atom stereocenters. The Labute approximate surface area is 169 Å². The van der Waals surface area contributed by atoms with Gasteiger partial charge in [0.05, 0.1) is 13.7 Å². The number of benzene rings is 2. The van der Waals surface area contributed by atoms with Crippen molar-refractivity contribution in [2.45, 2.75) is 11.8 Å². The van der Waals surface area contributed by atoms with E-state index in [-0.39, 0.29) is 6.61 Å². The van der Waals surface area contributed by atoms with Crippen molar-refractivity contribution in [3.05, 3.63) is 58.8 Å². The lowest BCUT2D eigenvalue weighted by atomic mass is 10.3. The van der Waals surface area contributed by atoms with Crippen LogP contribution in [0.4, 0.5) is 0 Å². The summed E-state index contributed by atoms with van der Waals surface area (Å²) in [5, 5.41) is 8.80. The SMILES string of the molecule is COc1cccc(OCc2nnc(SCCOc3ccc(Br)cc3)n2N)c1. The van der Waals surface area contributed by atoms with Crippen LogP contribution in [0.2, 0.25) is 0 Å². The molecule has 0 unspecified atom stereocenters. The molecule has 0 amide bonds. The van der Waals surface area contributed by atoms with Crippen molar-refractivity contribution in [2.75, 3.05) is 25.3 Å². The molecule has 3 rings (SSSR count). The quantitative estimate of drug-likeness (QED) is 0.303. The van der Waals surface area contributed by atoms with E-state index in [1.165, 1.54) is 16.4 Å². The van der Waals surface area contributed by atoms with Gasteiger partial charge in [0.1, 0.15) is 23.9 Å². The van der Waals surface area contributed by atoms with Crippen molar-refractivity contribution < 1.29 is 14.2 Å². The molecule has 142 valence electrons. The van der Waals surface area contributed by atoms with Crippen molar-refractivity contribution in [1.82, 2.24) is 14.9 Å². The van der Waals surface area contributed by atoms with E-state index in [1.54, 1.807) is 13.2 Å². The molecule has 27 heavy (non-hydrogen) atoms. The summed E-state index contributed by atoms with van der Waals surface area (Å²) < 4.78 is 19.0. The lowest BCUT2D eigenvalue weighted by Gasteiger charge is -2.08. The van der Waals surface area contributed by atoms with Gasteiger partial charge in [-0.15, -0.1) is 10.2 Å². The Bertz CT molecular complexity index is 873. The average Bonchev–Trinajstić information content (AvgIpc) is 3.05. The molecule has 0 aliphatic carbocycles. The number of nitrogens with zero attached hydrogens (tertiary/aromatic N) is 3. The van der Waals surface area contributed by atoms with Crippen LogP contribution in [0.3, 0.4) is 0 Å². The summed E-state index contributed by atoms with van der Waals surface area (Å²) in [5.41, 5.74) is 0. The second kappa shape index (κ2) is 9.52. The molecule has 7 nitrogen and oxygen atoms in total. The zero-order valence-corrected chi connectivity index (χ0v) is 17.1. The van der Waals surface area contributed by atoms with Gasteiger partial charge in [0.15, 0.2) is 5.82 Å². The van der Waals surface area contributed by atoms with Crippen LogP contribution in [-0.4, -0.2) is 34.3 Å². The maximum Gasteiger partial charge on any atom is 0.210 e. The highest BCUT2D eigenvalue weighted by molar-refractivity contribution is 9.10. The van der Waals surface area contributed by atoms with Crippen molar-refractivity contribution in [2.24, 2.45) is 0 Å². The molecule has 9 heteroatoms. The number of nitrogens with two attached hydrogens (primary N) is 1. The fourth-order valence-electron chi connectivity index (χ4n) is 2.17. The minimum Gasteiger partial charge on any atom is -0.497 e. The molecule has 0 bridgehead atoms. The number of halogens is 1. The van der Waals surface area contributed by atoms with E-state index in [1.807, 2.05) is 42.5 Å². The first-order chi connectivity index (χ1) is 13.2. The Kier molecular flexibility index (Phi) is 6.83. The van der Waals surface area contributed by atoms with Crippen LogP contribution < -0.4 is 20.1 Å². The molecule has 0 saturated carbocycles. The van der Waals surface area contributed by atoms with E-state index in [0.717, 1.165) is 16.0 Å². The monoisotopic (exact) mass is 450 g/mol. The predicted molar refractivity (Wildman–Crippen MR) is 108 cm³/mol. The Hall–Kier alpha value is -2.39. The molecular formula is C18H19BrN4O3S. The number of ether oxygens (including phenoxy) is 3. The lowest BCUT2D eigenvalue weighted by Crippen LogP contribution is -2.16. The van der Waals surface area contributed by atoms with Crippen molar-refractivity contribution in [1.29, 1.82) is 0 Å². The van der Waals surface area contributed by atoms with E-state index in [2.05, 4.69) is 26.1 Å². The average molecular weight is 451 g/mol. The molecule has 0 aliphatic rings. The summed E-state index contributed by atoms with van der Waals surface area (Å²) in [5.74, 6) is 9.51. The summed E-state index contributed by atoms with van der Waals surface area (Å²) in [6.45, 7) is 0.751. The van der Waals surface area contributed by atoms with Crippen molar-refractivity contribution in [3.63, 3.8) is 0 Å². The minimum absolute atomic E-state index is 0.215. The molecule has 0 radical (unpaired) electrons. The Morgan fingerprint density at radius 3 is 2.59 bits per heavy atom. The van der Waals surface area contributed by atoms with Gasteiger partial charge in [-0.1, -0.05) is 33.8 Å². The first-order valence-electron chi connectivity index (χ1n) is 8.13. The van der Waals surface area contributed by atoms with Gasteiger partial charge in [-0.3, -0.25) is 0 Å². The lowest BCUT2D eigenvalue weighted by molar-refractivity contribution is 0.289. The fourth-order valence-corrected chi connectivity index (χ4v) is 3.12. The standard InChI is InChI=1S/C18H19BrN4O3S/c1-24-15-3-2-4-16(11-15)26-12-17-21-22-18(23(17)20)27-10-9-25-14-7-5-13(19)6-8-14/h2-8,11H,9-10,12,20H2,1H3. The highest BCUT2D eigenvalue weighted by Gasteiger charge is 2.11. The van der Waals surface area contributed by atoms with Crippen LogP contribution in [0.1, 0.15) is 5.82 Å². The number of rotatable bonds is 9. The highest BCUT2D eigenvalue weighted by atomic mass is 79.9. The molecule has 2 aromatic carbocycles. The number of hydrogen-bond acceptors (Lipinski definition) is 7. The summed E-state index contributed by atoms with van der Waals surface area (Å²) in [6, 6.07) is 15.0. The van der Waals surface area contributed by atoms with Crippen LogP contribution in [0.25, 0.3) is 0 Å². The van der Waals surface area contributed by atoms with E-state index in [4.69, 9.17) is 20.1 Å². The van der Waals surface area contributed by atoms with Gasteiger partial charge in [0, 0.05) is 16.3 Å². The zero-order valence-electron chi connectivity index (χ0n) is 14.7. The number of aromatic nitrogens is 3. The molecule has 1 aromatic heterocycles. The van der Waals surface area contributed by atoms with Gasteiger partial charge >= 0.3 is 0 Å². The van der Waals surface area contributed by atoms with E-state index >= 15 is 0 Å². The molecule has 3 aromatic rings. The summed E-state index contributed by atoms with van der Waals surface area (Å²) in [7, 11) is 1.61. The number of hydrogen-bond donors (Lipinski definition) is 1. The third-order valence-corrected chi connectivity index (χ3v) is 4.98. The Morgan fingerprint density at radius 1 is 1.04 bits per heavy atom. The van der Waals surface area contributed by atoms with E-state index in [9.17, 15) is 0 Å². The Morgan fingerprint density at radius 2 is 1.81 bits per heavy atom. The van der Waals surface area contributed by atoms with Crippen LogP contribution in [0, 0.1) is 0 Å². The smallest absolute Gasteiger partial charge is 0.210 e. The third-order valence-electron chi connectivity index (χ3n) is 3.54. The third kappa shape index (κ3) is 5.54. The Balaban J connectivity index is 1.47. The maximum atomic E-state index is 6.05. The van der Waals surface area contributed by atoms with Crippen molar-refractivity contribution in [3.8, 4) is 17.2 Å².